The minimum absolute atomic E-state index is 0.0152. The first-order valence-corrected chi connectivity index (χ1v) is 9.58. The topological polar surface area (TPSA) is 111 Å². The standard InChI is InChI=1S/C21H28N2O7/c1-13-15(16(24)28-12-14-10-8-7-9-11-14)23(19(27)29-13)17(25)21(5,6)22-18(26)30-20(2,3)4/h7-11,13,15H,12H2,1-6H3,(H,22,26)/t13-,15+/m1/s1. The summed E-state index contributed by atoms with van der Waals surface area (Å²) in [6, 6.07) is 7.72. The largest absolute Gasteiger partial charge is 0.459 e. The van der Waals surface area contributed by atoms with Crippen molar-refractivity contribution in [3.63, 3.8) is 0 Å². The maximum Gasteiger partial charge on any atom is 0.417 e. The van der Waals surface area contributed by atoms with Crippen molar-refractivity contribution in [3.8, 4) is 0 Å². The van der Waals surface area contributed by atoms with Gasteiger partial charge in [0.1, 0.15) is 23.9 Å². The Kier molecular flexibility index (Phi) is 6.74. The van der Waals surface area contributed by atoms with Crippen LogP contribution in [-0.2, 0) is 30.4 Å². The lowest BCUT2D eigenvalue weighted by Gasteiger charge is -2.31. The smallest absolute Gasteiger partial charge is 0.417 e. The molecule has 0 radical (unpaired) electrons. The first-order valence-electron chi connectivity index (χ1n) is 9.58. The van der Waals surface area contributed by atoms with E-state index in [1.54, 1.807) is 45.0 Å². The summed E-state index contributed by atoms with van der Waals surface area (Å²) >= 11 is 0. The summed E-state index contributed by atoms with van der Waals surface area (Å²) in [5.41, 5.74) is -1.55. The molecule has 30 heavy (non-hydrogen) atoms. The normalized spacial score (nSPS) is 19.1. The summed E-state index contributed by atoms with van der Waals surface area (Å²) in [5, 5.41) is 2.43. The molecule has 1 saturated heterocycles. The van der Waals surface area contributed by atoms with E-state index in [-0.39, 0.29) is 6.61 Å². The van der Waals surface area contributed by atoms with E-state index in [4.69, 9.17) is 14.2 Å². The van der Waals surface area contributed by atoms with Gasteiger partial charge in [0.05, 0.1) is 0 Å². The number of nitrogens with zero attached hydrogens (tertiary/aromatic N) is 1. The Balaban J connectivity index is 2.13. The van der Waals surface area contributed by atoms with Crippen LogP contribution in [0.1, 0.15) is 47.1 Å². The summed E-state index contributed by atoms with van der Waals surface area (Å²) in [6.45, 7) is 9.33. The van der Waals surface area contributed by atoms with Gasteiger partial charge in [-0.3, -0.25) is 4.79 Å². The fourth-order valence-electron chi connectivity index (χ4n) is 2.84. The summed E-state index contributed by atoms with van der Waals surface area (Å²) < 4.78 is 15.5. The van der Waals surface area contributed by atoms with E-state index in [9.17, 15) is 19.2 Å². The summed E-state index contributed by atoms with van der Waals surface area (Å²) in [7, 11) is 0. The van der Waals surface area contributed by atoms with Crippen LogP contribution in [0.4, 0.5) is 9.59 Å². The fraction of sp³-hybridized carbons (Fsp3) is 0.524. The SMILES string of the molecule is C[C@H]1OC(=O)N(C(=O)C(C)(C)NC(=O)OC(C)(C)C)[C@@H]1C(=O)OCc1ccccc1. The molecule has 164 valence electrons. The molecule has 2 atom stereocenters. The molecular formula is C21H28N2O7. The maximum absolute atomic E-state index is 13.1. The summed E-state index contributed by atoms with van der Waals surface area (Å²) in [6.07, 6.45) is -2.71. The second-order valence-corrected chi connectivity index (χ2v) is 8.55. The van der Waals surface area contributed by atoms with Gasteiger partial charge >= 0.3 is 18.2 Å². The molecule has 3 amide bonds. The number of rotatable bonds is 5. The lowest BCUT2D eigenvalue weighted by molar-refractivity contribution is -0.155. The Bertz CT molecular complexity index is 814. The average Bonchev–Trinajstić information content (AvgIpc) is 2.91. The van der Waals surface area contributed by atoms with Crippen LogP contribution in [0.25, 0.3) is 0 Å². The highest BCUT2D eigenvalue weighted by atomic mass is 16.6. The Morgan fingerprint density at radius 3 is 2.27 bits per heavy atom. The minimum atomic E-state index is -1.54. The number of amides is 3. The molecule has 0 unspecified atom stereocenters. The highest BCUT2D eigenvalue weighted by molar-refractivity contribution is 6.03. The van der Waals surface area contributed by atoms with Gasteiger partial charge < -0.3 is 19.5 Å². The zero-order valence-electron chi connectivity index (χ0n) is 18.1. The van der Waals surface area contributed by atoms with Crippen LogP contribution in [-0.4, -0.2) is 52.2 Å². The highest BCUT2D eigenvalue weighted by Gasteiger charge is 2.52. The lowest BCUT2D eigenvalue weighted by Crippen LogP contribution is -2.60. The quantitative estimate of drug-likeness (QED) is 0.576. The molecule has 1 aromatic rings. The third-order valence-corrected chi connectivity index (χ3v) is 4.24. The number of alkyl carbamates (subject to hydrolysis) is 1. The number of nitrogens with one attached hydrogen (secondary N) is 1. The van der Waals surface area contributed by atoms with E-state index in [2.05, 4.69) is 5.32 Å². The number of carbonyl (C=O) groups is 4. The molecule has 0 bridgehead atoms. The van der Waals surface area contributed by atoms with Crippen molar-refractivity contribution in [3.05, 3.63) is 35.9 Å². The van der Waals surface area contributed by atoms with Gasteiger partial charge in [0.15, 0.2) is 6.04 Å². The van der Waals surface area contributed by atoms with Gasteiger partial charge in [-0.05, 0) is 47.1 Å². The van der Waals surface area contributed by atoms with Crippen molar-refractivity contribution in [1.82, 2.24) is 10.2 Å². The molecular weight excluding hydrogens is 392 g/mol. The van der Waals surface area contributed by atoms with E-state index < -0.39 is 47.3 Å². The van der Waals surface area contributed by atoms with Crippen LogP contribution in [0.3, 0.4) is 0 Å². The van der Waals surface area contributed by atoms with Gasteiger partial charge in [-0.1, -0.05) is 30.3 Å². The number of ether oxygens (including phenoxy) is 3. The number of hydrogen-bond acceptors (Lipinski definition) is 7. The molecule has 0 spiro atoms. The Morgan fingerprint density at radius 1 is 1.10 bits per heavy atom. The molecule has 1 aliphatic heterocycles. The number of hydrogen-bond donors (Lipinski definition) is 1. The van der Waals surface area contributed by atoms with Crippen molar-refractivity contribution in [1.29, 1.82) is 0 Å². The van der Waals surface area contributed by atoms with Crippen LogP contribution in [0.2, 0.25) is 0 Å². The zero-order valence-corrected chi connectivity index (χ0v) is 18.1. The number of cyclic esters (lactones) is 1. The monoisotopic (exact) mass is 420 g/mol. The molecule has 1 aliphatic rings. The van der Waals surface area contributed by atoms with Gasteiger partial charge in [-0.2, -0.15) is 0 Å². The fourth-order valence-corrected chi connectivity index (χ4v) is 2.84. The molecule has 1 aromatic carbocycles. The van der Waals surface area contributed by atoms with Gasteiger partial charge in [-0.25, -0.2) is 19.3 Å². The highest BCUT2D eigenvalue weighted by Crippen LogP contribution is 2.25. The van der Waals surface area contributed by atoms with Crippen LogP contribution >= 0.6 is 0 Å². The Labute approximate surface area is 175 Å². The molecule has 1 fully saturated rings. The zero-order chi connectivity index (χ0) is 22.7. The molecule has 2 rings (SSSR count). The summed E-state index contributed by atoms with van der Waals surface area (Å²) in [5.74, 6) is -1.59. The first kappa shape index (κ1) is 23.2. The molecule has 9 heteroatoms. The van der Waals surface area contributed by atoms with E-state index >= 15 is 0 Å². The predicted molar refractivity (Wildman–Crippen MR) is 106 cm³/mol. The molecule has 0 aliphatic carbocycles. The van der Waals surface area contributed by atoms with E-state index in [1.807, 2.05) is 6.07 Å². The molecule has 0 aromatic heterocycles. The lowest BCUT2D eigenvalue weighted by atomic mass is 10.0. The minimum Gasteiger partial charge on any atom is -0.459 e. The van der Waals surface area contributed by atoms with Gasteiger partial charge in [0, 0.05) is 0 Å². The molecule has 9 nitrogen and oxygen atoms in total. The van der Waals surface area contributed by atoms with Crippen LogP contribution < -0.4 is 5.32 Å². The average molecular weight is 420 g/mol. The predicted octanol–water partition coefficient (Wildman–Crippen LogP) is 2.77. The number of carbonyl (C=O) groups excluding carboxylic acids is 4. The van der Waals surface area contributed by atoms with Crippen LogP contribution in [0.5, 0.6) is 0 Å². The van der Waals surface area contributed by atoms with Crippen molar-refractivity contribution in [2.24, 2.45) is 0 Å². The molecule has 1 heterocycles. The Morgan fingerprint density at radius 2 is 1.70 bits per heavy atom. The summed E-state index contributed by atoms with van der Waals surface area (Å²) in [4.78, 5) is 50.8. The van der Waals surface area contributed by atoms with Crippen molar-refractivity contribution < 1.29 is 33.4 Å². The van der Waals surface area contributed by atoms with Gasteiger partial charge in [0.25, 0.3) is 5.91 Å². The van der Waals surface area contributed by atoms with Gasteiger partial charge in [0.2, 0.25) is 0 Å². The van der Waals surface area contributed by atoms with E-state index in [1.165, 1.54) is 20.8 Å². The second kappa shape index (κ2) is 8.73. The molecule has 0 saturated carbocycles. The number of benzene rings is 1. The number of imide groups is 1. The van der Waals surface area contributed by atoms with E-state index in [0.29, 0.717) is 4.90 Å². The van der Waals surface area contributed by atoms with Crippen molar-refractivity contribution in [2.75, 3.05) is 0 Å². The third-order valence-electron chi connectivity index (χ3n) is 4.24. The van der Waals surface area contributed by atoms with Crippen LogP contribution in [0, 0.1) is 0 Å². The van der Waals surface area contributed by atoms with Crippen molar-refractivity contribution in [2.45, 2.75) is 71.4 Å². The first-order chi connectivity index (χ1) is 13.8. The third kappa shape index (κ3) is 5.71. The van der Waals surface area contributed by atoms with Gasteiger partial charge in [-0.15, -0.1) is 0 Å². The van der Waals surface area contributed by atoms with Crippen molar-refractivity contribution >= 4 is 24.1 Å². The molecule has 1 N–H and O–H groups in total. The maximum atomic E-state index is 13.1. The second-order valence-electron chi connectivity index (χ2n) is 8.55. The van der Waals surface area contributed by atoms with Crippen LogP contribution in [0.15, 0.2) is 30.3 Å². The van der Waals surface area contributed by atoms with E-state index in [0.717, 1.165) is 5.56 Å². The number of esters is 1. The Hall–Kier alpha value is -3.10.